The van der Waals surface area contributed by atoms with E-state index in [1.165, 1.54) is 0 Å². The standard InChI is InChI=1S/C21H28N2O3/c1-3-23(4-2)14-15-26-20-13-9-8-12-19(20)22-21(24)17-25-16-18-10-6-5-7-11-18/h5-13H,3-4,14-17H2,1-2H3,(H,22,24). The highest BCUT2D eigenvalue weighted by molar-refractivity contribution is 5.93. The summed E-state index contributed by atoms with van der Waals surface area (Å²) in [7, 11) is 0. The Morgan fingerprint density at radius 2 is 1.69 bits per heavy atom. The Hall–Kier alpha value is -2.37. The maximum Gasteiger partial charge on any atom is 0.250 e. The van der Waals surface area contributed by atoms with E-state index in [0.29, 0.717) is 24.7 Å². The maximum atomic E-state index is 12.1. The molecule has 0 aliphatic heterocycles. The second-order valence-corrected chi connectivity index (χ2v) is 5.90. The van der Waals surface area contributed by atoms with Crippen molar-refractivity contribution in [2.24, 2.45) is 0 Å². The molecule has 0 spiro atoms. The number of benzene rings is 2. The molecule has 2 rings (SSSR count). The summed E-state index contributed by atoms with van der Waals surface area (Å²) in [5.41, 5.74) is 1.71. The minimum atomic E-state index is -0.194. The molecule has 0 aromatic heterocycles. The molecule has 0 heterocycles. The molecule has 1 N–H and O–H groups in total. The van der Waals surface area contributed by atoms with E-state index in [0.717, 1.165) is 25.2 Å². The largest absolute Gasteiger partial charge is 0.490 e. The molecule has 0 aliphatic rings. The van der Waals surface area contributed by atoms with Gasteiger partial charge >= 0.3 is 0 Å². The first kappa shape index (κ1) is 19.9. The van der Waals surface area contributed by atoms with Gasteiger partial charge in [-0.2, -0.15) is 0 Å². The maximum absolute atomic E-state index is 12.1. The molecule has 26 heavy (non-hydrogen) atoms. The van der Waals surface area contributed by atoms with Gasteiger partial charge in [-0.15, -0.1) is 0 Å². The second kappa shape index (κ2) is 11.3. The average molecular weight is 356 g/mol. The summed E-state index contributed by atoms with van der Waals surface area (Å²) in [6.45, 7) is 8.11. The predicted octanol–water partition coefficient (Wildman–Crippen LogP) is 3.56. The number of likely N-dealkylation sites (N-methyl/N-ethyl adjacent to an activating group) is 1. The molecule has 2 aromatic carbocycles. The third-order valence-electron chi connectivity index (χ3n) is 4.07. The fourth-order valence-electron chi connectivity index (χ4n) is 2.54. The normalized spacial score (nSPS) is 10.7. The second-order valence-electron chi connectivity index (χ2n) is 5.90. The van der Waals surface area contributed by atoms with Crippen molar-refractivity contribution in [3.05, 3.63) is 60.2 Å². The van der Waals surface area contributed by atoms with Crippen LogP contribution < -0.4 is 10.1 Å². The molecular formula is C21H28N2O3. The van der Waals surface area contributed by atoms with Gasteiger partial charge in [0.2, 0.25) is 5.91 Å². The molecule has 5 nitrogen and oxygen atoms in total. The predicted molar refractivity (Wildman–Crippen MR) is 104 cm³/mol. The van der Waals surface area contributed by atoms with E-state index in [9.17, 15) is 4.79 Å². The number of amides is 1. The average Bonchev–Trinajstić information content (AvgIpc) is 2.67. The zero-order valence-corrected chi connectivity index (χ0v) is 15.6. The Morgan fingerprint density at radius 1 is 1.00 bits per heavy atom. The number of hydrogen-bond acceptors (Lipinski definition) is 4. The Bertz CT molecular complexity index is 657. The number of anilines is 1. The first-order valence-corrected chi connectivity index (χ1v) is 9.08. The molecule has 1 amide bonds. The molecule has 0 fully saturated rings. The SMILES string of the molecule is CCN(CC)CCOc1ccccc1NC(=O)COCc1ccccc1. The summed E-state index contributed by atoms with van der Waals surface area (Å²) in [4.78, 5) is 14.4. The highest BCUT2D eigenvalue weighted by Gasteiger charge is 2.08. The van der Waals surface area contributed by atoms with Crippen LogP contribution in [0.3, 0.4) is 0 Å². The molecule has 0 unspecified atom stereocenters. The summed E-state index contributed by atoms with van der Waals surface area (Å²) in [6.07, 6.45) is 0. The molecule has 0 bridgehead atoms. The first-order valence-electron chi connectivity index (χ1n) is 9.08. The quantitative estimate of drug-likeness (QED) is 0.669. The van der Waals surface area contributed by atoms with Gasteiger partial charge in [0.1, 0.15) is 19.0 Å². The van der Waals surface area contributed by atoms with Crippen molar-refractivity contribution in [3.8, 4) is 5.75 Å². The summed E-state index contributed by atoms with van der Waals surface area (Å²) < 4.78 is 11.3. The van der Waals surface area contributed by atoms with E-state index >= 15 is 0 Å². The van der Waals surface area contributed by atoms with Gasteiger partial charge in [0.15, 0.2) is 0 Å². The van der Waals surface area contributed by atoms with E-state index in [2.05, 4.69) is 24.1 Å². The van der Waals surface area contributed by atoms with Crippen molar-refractivity contribution >= 4 is 11.6 Å². The Labute approximate surface area is 155 Å². The van der Waals surface area contributed by atoms with Crippen LogP contribution >= 0.6 is 0 Å². The summed E-state index contributed by atoms with van der Waals surface area (Å²) in [5, 5.41) is 2.86. The smallest absolute Gasteiger partial charge is 0.250 e. The van der Waals surface area contributed by atoms with Gasteiger partial charge in [0.05, 0.1) is 12.3 Å². The van der Waals surface area contributed by atoms with E-state index in [-0.39, 0.29) is 12.5 Å². The van der Waals surface area contributed by atoms with E-state index in [1.54, 1.807) is 0 Å². The minimum absolute atomic E-state index is 0.00265. The molecule has 0 radical (unpaired) electrons. The lowest BCUT2D eigenvalue weighted by Gasteiger charge is -2.19. The van der Waals surface area contributed by atoms with Gasteiger partial charge in [0.25, 0.3) is 0 Å². The zero-order valence-electron chi connectivity index (χ0n) is 15.6. The van der Waals surface area contributed by atoms with E-state index < -0.39 is 0 Å². The summed E-state index contributed by atoms with van der Waals surface area (Å²) in [5.74, 6) is 0.483. The van der Waals surface area contributed by atoms with Crippen LogP contribution in [0.5, 0.6) is 5.75 Å². The third kappa shape index (κ3) is 6.86. The molecule has 0 saturated carbocycles. The molecule has 0 saturated heterocycles. The first-order chi connectivity index (χ1) is 12.7. The number of para-hydroxylation sites is 2. The topological polar surface area (TPSA) is 50.8 Å². The Morgan fingerprint density at radius 3 is 2.42 bits per heavy atom. The highest BCUT2D eigenvalue weighted by atomic mass is 16.5. The van der Waals surface area contributed by atoms with Crippen LogP contribution in [0.25, 0.3) is 0 Å². The summed E-state index contributed by atoms with van der Waals surface area (Å²) in [6, 6.07) is 17.3. The van der Waals surface area contributed by atoms with E-state index in [4.69, 9.17) is 9.47 Å². The van der Waals surface area contributed by atoms with Crippen molar-refractivity contribution in [1.82, 2.24) is 4.90 Å². The Kier molecular flexibility index (Phi) is 8.66. The molecule has 5 heteroatoms. The van der Waals surface area contributed by atoms with Crippen LogP contribution in [0.1, 0.15) is 19.4 Å². The van der Waals surface area contributed by atoms with Crippen LogP contribution in [-0.4, -0.2) is 43.7 Å². The molecule has 140 valence electrons. The fourth-order valence-corrected chi connectivity index (χ4v) is 2.54. The number of hydrogen-bond donors (Lipinski definition) is 1. The van der Waals surface area contributed by atoms with Gasteiger partial charge in [-0.25, -0.2) is 0 Å². The van der Waals surface area contributed by atoms with Crippen LogP contribution in [0.15, 0.2) is 54.6 Å². The minimum Gasteiger partial charge on any atom is -0.490 e. The number of nitrogens with zero attached hydrogens (tertiary/aromatic N) is 1. The van der Waals surface area contributed by atoms with Crippen molar-refractivity contribution in [1.29, 1.82) is 0 Å². The molecular weight excluding hydrogens is 328 g/mol. The van der Waals surface area contributed by atoms with Crippen LogP contribution in [-0.2, 0) is 16.1 Å². The van der Waals surface area contributed by atoms with Gasteiger partial charge in [-0.3, -0.25) is 4.79 Å². The van der Waals surface area contributed by atoms with Crippen molar-refractivity contribution in [2.45, 2.75) is 20.5 Å². The van der Waals surface area contributed by atoms with Gasteiger partial charge in [-0.05, 0) is 30.8 Å². The fraction of sp³-hybridized carbons (Fsp3) is 0.381. The Balaban J connectivity index is 1.79. The van der Waals surface area contributed by atoms with Crippen molar-refractivity contribution in [3.63, 3.8) is 0 Å². The van der Waals surface area contributed by atoms with Crippen LogP contribution in [0, 0.1) is 0 Å². The van der Waals surface area contributed by atoms with Crippen LogP contribution in [0.2, 0.25) is 0 Å². The number of carbonyl (C=O) groups excluding carboxylic acids is 1. The lowest BCUT2D eigenvalue weighted by Crippen LogP contribution is -2.28. The zero-order chi connectivity index (χ0) is 18.6. The number of rotatable bonds is 11. The van der Waals surface area contributed by atoms with Gasteiger partial charge in [0, 0.05) is 6.54 Å². The number of ether oxygens (including phenoxy) is 2. The monoisotopic (exact) mass is 356 g/mol. The van der Waals surface area contributed by atoms with Crippen LogP contribution in [0.4, 0.5) is 5.69 Å². The lowest BCUT2D eigenvalue weighted by atomic mass is 10.2. The molecule has 0 aliphatic carbocycles. The van der Waals surface area contributed by atoms with Gasteiger partial charge in [-0.1, -0.05) is 56.3 Å². The lowest BCUT2D eigenvalue weighted by molar-refractivity contribution is -0.121. The van der Waals surface area contributed by atoms with Crippen molar-refractivity contribution in [2.75, 3.05) is 38.2 Å². The molecule has 0 atom stereocenters. The summed E-state index contributed by atoms with van der Waals surface area (Å²) >= 11 is 0. The van der Waals surface area contributed by atoms with E-state index in [1.807, 2.05) is 54.6 Å². The third-order valence-corrected chi connectivity index (χ3v) is 4.07. The van der Waals surface area contributed by atoms with Gasteiger partial charge < -0.3 is 19.7 Å². The van der Waals surface area contributed by atoms with Crippen molar-refractivity contribution < 1.29 is 14.3 Å². The molecule has 2 aromatic rings. The number of carbonyl (C=O) groups is 1. The highest BCUT2D eigenvalue weighted by Crippen LogP contribution is 2.23. The number of nitrogens with one attached hydrogen (secondary N) is 1.